The van der Waals surface area contributed by atoms with E-state index in [1.807, 2.05) is 17.5 Å². The van der Waals surface area contributed by atoms with E-state index in [1.54, 1.807) is 17.5 Å². The molecular weight excluding hydrogens is 264 g/mol. The predicted octanol–water partition coefficient (Wildman–Crippen LogP) is 4.25. The number of carboxylic acids is 1. The number of hydrogen-bond acceptors (Lipinski definition) is 3. The molecule has 0 amide bonds. The van der Waals surface area contributed by atoms with Crippen LogP contribution in [-0.2, 0) is 0 Å². The second-order valence-corrected chi connectivity index (χ2v) is 5.31. The lowest BCUT2D eigenvalue weighted by Gasteiger charge is -2.00. The highest BCUT2D eigenvalue weighted by Gasteiger charge is 2.11. The molecular formula is C11H7ClO2S2. The number of carbonyl (C=O) groups is 1. The lowest BCUT2D eigenvalue weighted by molar-refractivity contribution is 0.0694. The van der Waals surface area contributed by atoms with Gasteiger partial charge < -0.3 is 5.11 Å². The summed E-state index contributed by atoms with van der Waals surface area (Å²) in [6, 6.07) is 7.32. The van der Waals surface area contributed by atoms with Crippen molar-refractivity contribution in [3.8, 4) is 0 Å². The molecule has 2 rings (SSSR count). The molecule has 0 aliphatic heterocycles. The second kappa shape index (κ2) is 4.91. The minimum atomic E-state index is -0.891. The Hall–Kier alpha value is -0.970. The molecule has 2 aromatic rings. The van der Waals surface area contributed by atoms with Crippen LogP contribution in [0, 0.1) is 0 Å². The number of rotatable bonds is 3. The van der Waals surface area contributed by atoms with Crippen LogP contribution >= 0.6 is 34.7 Å². The van der Waals surface area contributed by atoms with E-state index in [-0.39, 0.29) is 0 Å². The molecule has 5 heteroatoms. The van der Waals surface area contributed by atoms with Gasteiger partial charge in [0.05, 0.1) is 5.56 Å². The van der Waals surface area contributed by atoms with E-state index in [1.165, 1.54) is 23.1 Å². The number of aromatic carboxylic acids is 1. The Kier molecular flexibility index (Phi) is 3.53. The predicted molar refractivity (Wildman–Crippen MR) is 66.9 cm³/mol. The van der Waals surface area contributed by atoms with Gasteiger partial charge in [0.1, 0.15) is 0 Å². The van der Waals surface area contributed by atoms with Gasteiger partial charge in [-0.1, -0.05) is 23.4 Å². The summed E-state index contributed by atoms with van der Waals surface area (Å²) in [6.07, 6.45) is 0. The van der Waals surface area contributed by atoms with Gasteiger partial charge in [0.2, 0.25) is 0 Å². The Bertz CT molecular complexity index is 505. The average Bonchev–Trinajstić information content (AvgIpc) is 2.69. The minimum Gasteiger partial charge on any atom is -0.478 e. The van der Waals surface area contributed by atoms with Gasteiger partial charge in [0.25, 0.3) is 0 Å². The van der Waals surface area contributed by atoms with E-state index >= 15 is 0 Å². The first kappa shape index (κ1) is 11.5. The van der Waals surface area contributed by atoms with E-state index in [0.717, 1.165) is 9.79 Å². The molecule has 0 unspecified atom stereocenters. The van der Waals surface area contributed by atoms with Gasteiger partial charge in [-0.3, -0.25) is 0 Å². The van der Waals surface area contributed by atoms with Crippen LogP contribution in [-0.4, -0.2) is 11.1 Å². The zero-order chi connectivity index (χ0) is 11.5. The number of thiophene rings is 1. The average molecular weight is 271 g/mol. The van der Waals surface area contributed by atoms with E-state index in [2.05, 4.69) is 0 Å². The van der Waals surface area contributed by atoms with Crippen LogP contribution in [0.4, 0.5) is 0 Å². The monoisotopic (exact) mass is 270 g/mol. The van der Waals surface area contributed by atoms with E-state index in [9.17, 15) is 4.79 Å². The lowest BCUT2D eigenvalue weighted by Crippen LogP contribution is -1.94. The smallest absolute Gasteiger partial charge is 0.337 e. The Morgan fingerprint density at radius 2 is 1.94 bits per heavy atom. The molecule has 0 fully saturated rings. The Labute approximate surface area is 106 Å². The number of hydrogen-bond donors (Lipinski definition) is 1. The molecule has 2 nitrogen and oxygen atoms in total. The zero-order valence-corrected chi connectivity index (χ0v) is 10.4. The van der Waals surface area contributed by atoms with Gasteiger partial charge in [-0.25, -0.2) is 4.79 Å². The highest BCUT2D eigenvalue weighted by Crippen LogP contribution is 2.33. The number of benzene rings is 1. The number of halogens is 1. The summed E-state index contributed by atoms with van der Waals surface area (Å²) in [5, 5.41) is 13.1. The fourth-order valence-corrected chi connectivity index (χ4v) is 3.17. The summed E-state index contributed by atoms with van der Waals surface area (Å²) >= 11 is 8.59. The summed E-state index contributed by atoms with van der Waals surface area (Å²) in [5.41, 5.74) is 0.352. The SMILES string of the molecule is O=C(O)c1cscc1Sc1ccc(Cl)cc1. The molecule has 82 valence electrons. The van der Waals surface area contributed by atoms with Crippen LogP contribution < -0.4 is 0 Å². The van der Waals surface area contributed by atoms with E-state index < -0.39 is 5.97 Å². The maximum absolute atomic E-state index is 10.9. The first-order valence-corrected chi connectivity index (χ1v) is 6.53. The molecule has 0 atom stereocenters. The standard InChI is InChI=1S/C11H7ClO2S2/c12-7-1-3-8(4-2-7)16-10-6-15-5-9(10)11(13)14/h1-6H,(H,13,14). The minimum absolute atomic E-state index is 0.352. The van der Waals surface area contributed by atoms with Crippen molar-refractivity contribution in [3.05, 3.63) is 45.6 Å². The molecule has 0 radical (unpaired) electrons. The molecule has 0 spiro atoms. The van der Waals surface area contributed by atoms with Crippen molar-refractivity contribution >= 4 is 40.7 Å². The first-order chi connectivity index (χ1) is 7.66. The van der Waals surface area contributed by atoms with Crippen LogP contribution in [0.5, 0.6) is 0 Å². The van der Waals surface area contributed by atoms with E-state index in [0.29, 0.717) is 10.6 Å². The first-order valence-electron chi connectivity index (χ1n) is 4.40. The molecule has 0 aliphatic carbocycles. The molecule has 1 aromatic carbocycles. The molecule has 0 aliphatic rings. The summed E-state index contributed by atoms with van der Waals surface area (Å²) in [6.45, 7) is 0. The van der Waals surface area contributed by atoms with Crippen molar-refractivity contribution in [3.63, 3.8) is 0 Å². The van der Waals surface area contributed by atoms with Gasteiger partial charge in [0, 0.05) is 25.6 Å². The molecule has 16 heavy (non-hydrogen) atoms. The van der Waals surface area contributed by atoms with Gasteiger partial charge in [0.15, 0.2) is 0 Å². The maximum atomic E-state index is 10.9. The van der Waals surface area contributed by atoms with Gasteiger partial charge in [-0.05, 0) is 24.3 Å². The lowest BCUT2D eigenvalue weighted by atomic mass is 10.3. The Balaban J connectivity index is 2.23. The van der Waals surface area contributed by atoms with E-state index in [4.69, 9.17) is 16.7 Å². The molecule has 1 N–H and O–H groups in total. The molecule has 0 bridgehead atoms. The second-order valence-electron chi connectivity index (χ2n) is 3.01. The largest absolute Gasteiger partial charge is 0.478 e. The normalized spacial score (nSPS) is 10.3. The molecule has 1 heterocycles. The maximum Gasteiger partial charge on any atom is 0.337 e. The fraction of sp³-hybridized carbons (Fsp3) is 0. The molecule has 0 saturated heterocycles. The third kappa shape index (κ3) is 2.58. The van der Waals surface area contributed by atoms with Gasteiger partial charge >= 0.3 is 5.97 Å². The fourth-order valence-electron chi connectivity index (χ4n) is 1.15. The number of carboxylic acid groups (broad SMARTS) is 1. The van der Waals surface area contributed by atoms with Crippen molar-refractivity contribution in [2.75, 3.05) is 0 Å². The van der Waals surface area contributed by atoms with Crippen molar-refractivity contribution in [2.24, 2.45) is 0 Å². The van der Waals surface area contributed by atoms with Crippen LogP contribution in [0.3, 0.4) is 0 Å². The van der Waals surface area contributed by atoms with Crippen molar-refractivity contribution < 1.29 is 9.90 Å². The highest BCUT2D eigenvalue weighted by atomic mass is 35.5. The third-order valence-corrected chi connectivity index (χ3v) is 4.11. The van der Waals surface area contributed by atoms with Crippen LogP contribution in [0.2, 0.25) is 5.02 Å². The summed E-state index contributed by atoms with van der Waals surface area (Å²) in [5.74, 6) is -0.891. The van der Waals surface area contributed by atoms with Crippen molar-refractivity contribution in [2.45, 2.75) is 9.79 Å². The highest BCUT2D eigenvalue weighted by molar-refractivity contribution is 7.99. The van der Waals surface area contributed by atoms with Crippen LogP contribution in [0.25, 0.3) is 0 Å². The van der Waals surface area contributed by atoms with Gasteiger partial charge in [-0.15, -0.1) is 0 Å². The van der Waals surface area contributed by atoms with Gasteiger partial charge in [-0.2, -0.15) is 11.3 Å². The topological polar surface area (TPSA) is 37.3 Å². The zero-order valence-electron chi connectivity index (χ0n) is 8.01. The third-order valence-electron chi connectivity index (χ3n) is 1.90. The molecule has 0 saturated carbocycles. The summed E-state index contributed by atoms with van der Waals surface area (Å²) in [7, 11) is 0. The summed E-state index contributed by atoms with van der Waals surface area (Å²) < 4.78 is 0. The van der Waals surface area contributed by atoms with Crippen molar-refractivity contribution in [1.29, 1.82) is 0 Å². The quantitative estimate of drug-likeness (QED) is 0.906. The summed E-state index contributed by atoms with van der Waals surface area (Å²) in [4.78, 5) is 12.6. The van der Waals surface area contributed by atoms with Crippen LogP contribution in [0.1, 0.15) is 10.4 Å². The molecule has 1 aromatic heterocycles. The van der Waals surface area contributed by atoms with Crippen LogP contribution in [0.15, 0.2) is 44.8 Å². The van der Waals surface area contributed by atoms with Crippen molar-refractivity contribution in [1.82, 2.24) is 0 Å². The Morgan fingerprint density at radius 3 is 2.56 bits per heavy atom. The Morgan fingerprint density at radius 1 is 1.25 bits per heavy atom.